The highest BCUT2D eigenvalue weighted by Gasteiger charge is 2.04. The Morgan fingerprint density at radius 2 is 1.87 bits per heavy atom. The molecule has 2 aromatic carbocycles. The van der Waals surface area contributed by atoms with E-state index in [1.165, 1.54) is 0 Å². The summed E-state index contributed by atoms with van der Waals surface area (Å²) in [5.41, 5.74) is 3.72. The van der Waals surface area contributed by atoms with Gasteiger partial charge in [-0.3, -0.25) is 4.79 Å². The fourth-order valence-corrected chi connectivity index (χ4v) is 1.79. The molecule has 0 bridgehead atoms. The zero-order chi connectivity index (χ0) is 16.7. The van der Waals surface area contributed by atoms with Crippen molar-refractivity contribution in [2.45, 2.75) is 6.92 Å². The third kappa shape index (κ3) is 5.03. The molecule has 23 heavy (non-hydrogen) atoms. The molecular formula is C17H18N2O4. The number of carbonyl (C=O) groups is 1. The second-order valence-corrected chi connectivity index (χ2v) is 4.75. The third-order valence-corrected chi connectivity index (χ3v) is 3.04. The molecule has 0 aliphatic rings. The van der Waals surface area contributed by atoms with Crippen LogP contribution in [0.1, 0.15) is 12.5 Å². The molecule has 0 atom stereocenters. The standard InChI is InChI=1S/C17H18N2O4/c1-12(13-4-3-5-14(20)10-13)18-19-17(21)11-23-16-8-6-15(22-2)7-9-16/h3-10,20H,11H2,1-2H3,(H,19,21)/b18-12-. The maximum atomic E-state index is 11.7. The zero-order valence-corrected chi connectivity index (χ0v) is 12.9. The molecule has 0 heterocycles. The van der Waals surface area contributed by atoms with E-state index in [4.69, 9.17) is 9.47 Å². The van der Waals surface area contributed by atoms with Crippen LogP contribution in [0.2, 0.25) is 0 Å². The summed E-state index contributed by atoms with van der Waals surface area (Å²) >= 11 is 0. The number of nitrogens with zero attached hydrogens (tertiary/aromatic N) is 1. The molecule has 0 aromatic heterocycles. The van der Waals surface area contributed by atoms with E-state index in [-0.39, 0.29) is 18.3 Å². The van der Waals surface area contributed by atoms with Gasteiger partial charge in [-0.2, -0.15) is 5.10 Å². The monoisotopic (exact) mass is 314 g/mol. The summed E-state index contributed by atoms with van der Waals surface area (Å²) in [6.45, 7) is 1.59. The molecule has 6 heteroatoms. The molecule has 1 amide bonds. The van der Waals surface area contributed by atoms with Gasteiger partial charge in [-0.15, -0.1) is 0 Å². The van der Waals surface area contributed by atoms with Crippen molar-refractivity contribution in [1.82, 2.24) is 5.43 Å². The number of phenols is 1. The first-order chi connectivity index (χ1) is 11.1. The first-order valence-electron chi connectivity index (χ1n) is 6.98. The molecule has 0 unspecified atom stereocenters. The predicted molar refractivity (Wildman–Crippen MR) is 86.9 cm³/mol. The Kier molecular flexibility index (Phi) is 5.57. The highest BCUT2D eigenvalue weighted by Crippen LogP contribution is 2.16. The van der Waals surface area contributed by atoms with Crippen LogP contribution in [0.4, 0.5) is 0 Å². The summed E-state index contributed by atoms with van der Waals surface area (Å²) in [4.78, 5) is 11.7. The van der Waals surface area contributed by atoms with Gasteiger partial charge in [-0.25, -0.2) is 5.43 Å². The maximum absolute atomic E-state index is 11.7. The molecule has 0 fully saturated rings. The number of nitrogens with one attached hydrogen (secondary N) is 1. The topological polar surface area (TPSA) is 80.2 Å². The largest absolute Gasteiger partial charge is 0.508 e. The van der Waals surface area contributed by atoms with E-state index in [0.29, 0.717) is 17.2 Å². The Bertz CT molecular complexity index is 696. The van der Waals surface area contributed by atoms with Gasteiger partial charge in [0, 0.05) is 5.56 Å². The summed E-state index contributed by atoms with van der Waals surface area (Å²) in [7, 11) is 1.58. The van der Waals surface area contributed by atoms with E-state index in [1.54, 1.807) is 62.6 Å². The number of benzene rings is 2. The number of phenolic OH excluding ortho intramolecular Hbond substituents is 1. The Morgan fingerprint density at radius 3 is 2.52 bits per heavy atom. The Labute approximate surface area is 134 Å². The molecule has 2 aromatic rings. The predicted octanol–water partition coefficient (Wildman–Crippen LogP) is 2.32. The second kappa shape index (κ2) is 7.84. The Balaban J connectivity index is 1.85. The van der Waals surface area contributed by atoms with Gasteiger partial charge in [0.25, 0.3) is 5.91 Å². The van der Waals surface area contributed by atoms with Crippen LogP contribution in [0.25, 0.3) is 0 Å². The molecule has 0 radical (unpaired) electrons. The number of aromatic hydroxyl groups is 1. The van der Waals surface area contributed by atoms with Crippen LogP contribution in [0.3, 0.4) is 0 Å². The highest BCUT2D eigenvalue weighted by atomic mass is 16.5. The minimum atomic E-state index is -0.375. The number of amides is 1. The minimum absolute atomic E-state index is 0.145. The first kappa shape index (κ1) is 16.4. The van der Waals surface area contributed by atoms with Crippen molar-refractivity contribution in [3.8, 4) is 17.2 Å². The molecule has 2 rings (SSSR count). The smallest absolute Gasteiger partial charge is 0.277 e. The van der Waals surface area contributed by atoms with Gasteiger partial charge in [-0.05, 0) is 43.3 Å². The lowest BCUT2D eigenvalue weighted by atomic mass is 10.1. The van der Waals surface area contributed by atoms with Crippen LogP contribution < -0.4 is 14.9 Å². The van der Waals surface area contributed by atoms with E-state index >= 15 is 0 Å². The van der Waals surface area contributed by atoms with Crippen molar-refractivity contribution in [2.24, 2.45) is 5.10 Å². The SMILES string of the molecule is COc1ccc(OCC(=O)N/N=C(/C)c2cccc(O)c2)cc1. The second-order valence-electron chi connectivity index (χ2n) is 4.75. The third-order valence-electron chi connectivity index (χ3n) is 3.04. The average Bonchev–Trinajstić information content (AvgIpc) is 2.58. The van der Waals surface area contributed by atoms with Gasteiger partial charge in [0.2, 0.25) is 0 Å². The van der Waals surface area contributed by atoms with Crippen LogP contribution in [-0.2, 0) is 4.79 Å². The lowest BCUT2D eigenvalue weighted by Gasteiger charge is -2.07. The number of hydrazone groups is 1. The van der Waals surface area contributed by atoms with E-state index in [2.05, 4.69) is 10.5 Å². The minimum Gasteiger partial charge on any atom is -0.508 e. The van der Waals surface area contributed by atoms with Gasteiger partial charge in [0.05, 0.1) is 12.8 Å². The molecule has 0 saturated carbocycles. The Hall–Kier alpha value is -3.02. The van der Waals surface area contributed by atoms with Gasteiger partial charge in [0.1, 0.15) is 17.2 Å². The normalized spacial score (nSPS) is 11.0. The molecule has 0 aliphatic heterocycles. The summed E-state index contributed by atoms with van der Waals surface area (Å²) in [5, 5.41) is 13.4. The van der Waals surface area contributed by atoms with E-state index in [0.717, 1.165) is 5.56 Å². The number of hydrogen-bond donors (Lipinski definition) is 2. The summed E-state index contributed by atoms with van der Waals surface area (Å²) < 4.78 is 10.4. The van der Waals surface area contributed by atoms with E-state index < -0.39 is 0 Å². The zero-order valence-electron chi connectivity index (χ0n) is 12.9. The van der Waals surface area contributed by atoms with Crippen LogP contribution in [-0.4, -0.2) is 30.4 Å². The van der Waals surface area contributed by atoms with Crippen LogP contribution in [0.5, 0.6) is 17.2 Å². The van der Waals surface area contributed by atoms with Gasteiger partial charge < -0.3 is 14.6 Å². The molecule has 0 saturated heterocycles. The van der Waals surface area contributed by atoms with Crippen molar-refractivity contribution in [3.05, 3.63) is 54.1 Å². The van der Waals surface area contributed by atoms with Gasteiger partial charge in [0.15, 0.2) is 6.61 Å². The molecular weight excluding hydrogens is 296 g/mol. The quantitative estimate of drug-likeness (QED) is 0.633. The number of carbonyl (C=O) groups excluding carboxylic acids is 1. The number of hydrogen-bond acceptors (Lipinski definition) is 5. The molecule has 0 spiro atoms. The van der Waals surface area contributed by atoms with Crippen molar-refractivity contribution in [2.75, 3.05) is 13.7 Å². The fourth-order valence-electron chi connectivity index (χ4n) is 1.79. The molecule has 6 nitrogen and oxygen atoms in total. The summed E-state index contributed by atoms with van der Waals surface area (Å²) in [5.74, 6) is 1.05. The highest BCUT2D eigenvalue weighted by molar-refractivity contribution is 5.99. The van der Waals surface area contributed by atoms with Crippen LogP contribution in [0.15, 0.2) is 53.6 Å². The van der Waals surface area contributed by atoms with Crippen LogP contribution in [0, 0.1) is 0 Å². The maximum Gasteiger partial charge on any atom is 0.277 e. The van der Waals surface area contributed by atoms with E-state index in [1.807, 2.05) is 0 Å². The lowest BCUT2D eigenvalue weighted by Crippen LogP contribution is -2.25. The van der Waals surface area contributed by atoms with Crippen molar-refractivity contribution < 1.29 is 19.4 Å². The molecule has 2 N–H and O–H groups in total. The molecule has 120 valence electrons. The van der Waals surface area contributed by atoms with Crippen molar-refractivity contribution in [1.29, 1.82) is 0 Å². The van der Waals surface area contributed by atoms with E-state index in [9.17, 15) is 9.90 Å². The Morgan fingerprint density at radius 1 is 1.17 bits per heavy atom. The summed E-state index contributed by atoms with van der Waals surface area (Å²) in [6.07, 6.45) is 0. The molecule has 0 aliphatic carbocycles. The van der Waals surface area contributed by atoms with Crippen LogP contribution >= 0.6 is 0 Å². The number of rotatable bonds is 6. The van der Waals surface area contributed by atoms with Gasteiger partial charge >= 0.3 is 0 Å². The number of ether oxygens (including phenoxy) is 2. The van der Waals surface area contributed by atoms with Gasteiger partial charge in [-0.1, -0.05) is 12.1 Å². The number of methoxy groups -OCH3 is 1. The lowest BCUT2D eigenvalue weighted by molar-refractivity contribution is -0.123. The fraction of sp³-hybridized carbons (Fsp3) is 0.176. The average molecular weight is 314 g/mol. The first-order valence-corrected chi connectivity index (χ1v) is 6.98. The van der Waals surface area contributed by atoms with Crippen molar-refractivity contribution >= 4 is 11.6 Å². The summed E-state index contributed by atoms with van der Waals surface area (Å²) in [6, 6.07) is 13.6. The van der Waals surface area contributed by atoms with Crippen molar-refractivity contribution in [3.63, 3.8) is 0 Å².